The molecule has 0 saturated heterocycles. The lowest BCUT2D eigenvalue weighted by Crippen LogP contribution is -2.45. The van der Waals surface area contributed by atoms with Gasteiger partial charge in [0, 0.05) is 17.4 Å². The number of phenols is 1. The number of fused-ring (bicyclic) bond motifs is 3. The molecule has 0 spiro atoms. The highest BCUT2D eigenvalue weighted by Gasteiger charge is 2.45. The summed E-state index contributed by atoms with van der Waals surface area (Å²) in [7, 11) is 0. The standard InChI is InChI=1S/C20H28O2/c1-5-6-7-14-11-17(21)19-15-10-13(2)8-9-16(15)20(3,4)22-18(19)12-14/h10-12,15-16,21H,5-9H2,1-4H3/t15-,16-/m0/s1. The molecule has 0 unspecified atom stereocenters. The monoisotopic (exact) mass is 300 g/mol. The molecule has 2 nitrogen and oxygen atoms in total. The van der Waals surface area contributed by atoms with Gasteiger partial charge in [-0.15, -0.1) is 0 Å². The third kappa shape index (κ3) is 2.64. The molecule has 0 bridgehead atoms. The summed E-state index contributed by atoms with van der Waals surface area (Å²) in [5.41, 5.74) is 3.44. The van der Waals surface area contributed by atoms with Crippen molar-refractivity contribution in [2.24, 2.45) is 5.92 Å². The predicted octanol–water partition coefficient (Wildman–Crippen LogP) is 5.35. The Morgan fingerprint density at radius 1 is 1.32 bits per heavy atom. The topological polar surface area (TPSA) is 29.5 Å². The molecule has 0 radical (unpaired) electrons. The van der Waals surface area contributed by atoms with Gasteiger partial charge in [-0.2, -0.15) is 0 Å². The Hall–Kier alpha value is -1.44. The van der Waals surface area contributed by atoms with Crippen molar-refractivity contribution in [3.05, 3.63) is 34.9 Å². The average molecular weight is 300 g/mol. The maximum atomic E-state index is 10.6. The summed E-state index contributed by atoms with van der Waals surface area (Å²) in [6, 6.07) is 4.10. The number of hydrogen-bond acceptors (Lipinski definition) is 2. The van der Waals surface area contributed by atoms with Crippen LogP contribution in [0, 0.1) is 5.92 Å². The van der Waals surface area contributed by atoms with Gasteiger partial charge in [0.1, 0.15) is 17.1 Å². The molecule has 1 aliphatic heterocycles. The van der Waals surface area contributed by atoms with E-state index in [2.05, 4.69) is 39.8 Å². The average Bonchev–Trinajstić information content (AvgIpc) is 2.43. The van der Waals surface area contributed by atoms with Crippen LogP contribution in [0.1, 0.15) is 70.4 Å². The zero-order valence-corrected chi connectivity index (χ0v) is 14.3. The van der Waals surface area contributed by atoms with E-state index in [0.29, 0.717) is 11.7 Å². The Bertz CT molecular complexity index is 598. The summed E-state index contributed by atoms with van der Waals surface area (Å²) < 4.78 is 6.34. The van der Waals surface area contributed by atoms with E-state index in [4.69, 9.17) is 4.74 Å². The molecule has 22 heavy (non-hydrogen) atoms. The normalized spacial score (nSPS) is 25.7. The Morgan fingerprint density at radius 3 is 2.82 bits per heavy atom. The minimum absolute atomic E-state index is 0.176. The van der Waals surface area contributed by atoms with Gasteiger partial charge in [0.25, 0.3) is 0 Å². The molecule has 120 valence electrons. The summed E-state index contributed by atoms with van der Waals surface area (Å²) in [5.74, 6) is 2.03. The first-order valence-electron chi connectivity index (χ1n) is 8.64. The van der Waals surface area contributed by atoms with Crippen molar-refractivity contribution in [1.82, 2.24) is 0 Å². The maximum Gasteiger partial charge on any atom is 0.127 e. The van der Waals surface area contributed by atoms with E-state index < -0.39 is 0 Å². The van der Waals surface area contributed by atoms with Crippen molar-refractivity contribution in [2.75, 3.05) is 0 Å². The maximum absolute atomic E-state index is 10.6. The molecule has 0 amide bonds. The SMILES string of the molecule is CCCCc1cc(O)c2c(c1)OC(C)(C)[C@H]1CCC(C)=C[C@H]21. The van der Waals surface area contributed by atoms with Gasteiger partial charge in [0.2, 0.25) is 0 Å². The first-order valence-corrected chi connectivity index (χ1v) is 8.64. The molecule has 1 N–H and O–H groups in total. The molecular weight excluding hydrogens is 272 g/mol. The van der Waals surface area contributed by atoms with E-state index in [1.165, 1.54) is 11.1 Å². The van der Waals surface area contributed by atoms with Crippen LogP contribution in [0.4, 0.5) is 0 Å². The largest absolute Gasteiger partial charge is 0.507 e. The highest BCUT2D eigenvalue weighted by molar-refractivity contribution is 5.53. The summed E-state index contributed by atoms with van der Waals surface area (Å²) >= 11 is 0. The highest BCUT2D eigenvalue weighted by Crippen LogP contribution is 2.53. The number of ether oxygens (including phenoxy) is 1. The summed E-state index contributed by atoms with van der Waals surface area (Å²) in [6.07, 6.45) is 7.94. The Kier molecular flexibility index (Phi) is 3.96. The second-order valence-corrected chi connectivity index (χ2v) is 7.52. The fraction of sp³-hybridized carbons (Fsp3) is 0.600. The summed E-state index contributed by atoms with van der Waals surface area (Å²) in [4.78, 5) is 0. The van der Waals surface area contributed by atoms with Gasteiger partial charge in [-0.3, -0.25) is 0 Å². The van der Waals surface area contributed by atoms with Crippen molar-refractivity contribution in [1.29, 1.82) is 0 Å². The van der Waals surface area contributed by atoms with Gasteiger partial charge in [-0.05, 0) is 64.2 Å². The van der Waals surface area contributed by atoms with Crippen molar-refractivity contribution in [3.63, 3.8) is 0 Å². The van der Waals surface area contributed by atoms with E-state index >= 15 is 0 Å². The first kappa shape index (κ1) is 15.5. The molecule has 0 aromatic heterocycles. The van der Waals surface area contributed by atoms with Gasteiger partial charge >= 0.3 is 0 Å². The number of benzene rings is 1. The minimum Gasteiger partial charge on any atom is -0.507 e. The molecule has 1 aliphatic carbocycles. The highest BCUT2D eigenvalue weighted by atomic mass is 16.5. The molecule has 0 fully saturated rings. The van der Waals surface area contributed by atoms with Crippen LogP contribution in [-0.4, -0.2) is 10.7 Å². The fourth-order valence-electron chi connectivity index (χ4n) is 4.10. The van der Waals surface area contributed by atoms with Gasteiger partial charge in [-0.25, -0.2) is 0 Å². The van der Waals surface area contributed by atoms with Crippen molar-refractivity contribution < 1.29 is 9.84 Å². The number of allylic oxidation sites excluding steroid dienone is 2. The smallest absolute Gasteiger partial charge is 0.127 e. The van der Waals surface area contributed by atoms with E-state index in [-0.39, 0.29) is 11.5 Å². The lowest BCUT2D eigenvalue weighted by Gasteiger charge is -2.46. The summed E-state index contributed by atoms with van der Waals surface area (Å²) in [6.45, 7) is 8.78. The predicted molar refractivity (Wildman–Crippen MR) is 90.6 cm³/mol. The van der Waals surface area contributed by atoms with Crippen LogP contribution < -0.4 is 4.74 Å². The van der Waals surface area contributed by atoms with E-state index in [0.717, 1.165) is 43.4 Å². The third-order valence-electron chi connectivity index (χ3n) is 5.35. The van der Waals surface area contributed by atoms with Gasteiger partial charge in [-0.1, -0.05) is 25.0 Å². The van der Waals surface area contributed by atoms with Crippen LogP contribution in [0.3, 0.4) is 0 Å². The number of rotatable bonds is 3. The molecule has 1 aromatic carbocycles. The van der Waals surface area contributed by atoms with Crippen LogP contribution in [0.2, 0.25) is 0 Å². The number of phenolic OH excluding ortho intramolecular Hbond substituents is 1. The first-order chi connectivity index (χ1) is 10.4. The molecule has 2 aliphatic rings. The lowest BCUT2D eigenvalue weighted by atomic mass is 9.68. The number of aromatic hydroxyl groups is 1. The molecule has 1 aromatic rings. The van der Waals surface area contributed by atoms with Crippen LogP contribution in [0.25, 0.3) is 0 Å². The van der Waals surface area contributed by atoms with E-state index in [1.807, 2.05) is 6.07 Å². The van der Waals surface area contributed by atoms with Crippen LogP contribution >= 0.6 is 0 Å². The van der Waals surface area contributed by atoms with Crippen LogP contribution in [-0.2, 0) is 6.42 Å². The second kappa shape index (κ2) is 5.64. The molecule has 2 atom stereocenters. The van der Waals surface area contributed by atoms with Crippen molar-refractivity contribution >= 4 is 0 Å². The van der Waals surface area contributed by atoms with Crippen molar-refractivity contribution in [2.45, 2.75) is 71.3 Å². The molecular formula is C20H28O2. The third-order valence-corrected chi connectivity index (χ3v) is 5.35. The molecule has 0 saturated carbocycles. The van der Waals surface area contributed by atoms with E-state index in [9.17, 15) is 5.11 Å². The van der Waals surface area contributed by atoms with Crippen molar-refractivity contribution in [3.8, 4) is 11.5 Å². The molecule has 2 heteroatoms. The molecule has 1 heterocycles. The molecule has 3 rings (SSSR count). The van der Waals surface area contributed by atoms with Crippen LogP contribution in [0.15, 0.2) is 23.8 Å². The Labute approximate surface area is 134 Å². The zero-order chi connectivity index (χ0) is 15.9. The zero-order valence-electron chi connectivity index (χ0n) is 14.3. The number of aryl methyl sites for hydroxylation is 1. The number of hydrogen-bond donors (Lipinski definition) is 1. The van der Waals surface area contributed by atoms with Gasteiger partial charge in [0.05, 0.1) is 0 Å². The number of unbranched alkanes of at least 4 members (excludes halogenated alkanes) is 1. The minimum atomic E-state index is -0.176. The fourth-order valence-corrected chi connectivity index (χ4v) is 4.10. The lowest BCUT2D eigenvalue weighted by molar-refractivity contribution is 0.0107. The summed E-state index contributed by atoms with van der Waals surface area (Å²) in [5, 5.41) is 10.6. The van der Waals surface area contributed by atoms with Gasteiger partial charge in [0.15, 0.2) is 0 Å². The van der Waals surface area contributed by atoms with Crippen LogP contribution in [0.5, 0.6) is 11.5 Å². The quantitative estimate of drug-likeness (QED) is 0.763. The van der Waals surface area contributed by atoms with Gasteiger partial charge < -0.3 is 9.84 Å². The Morgan fingerprint density at radius 2 is 2.09 bits per heavy atom. The van der Waals surface area contributed by atoms with E-state index in [1.54, 1.807) is 0 Å². The Balaban J connectivity index is 2.06. The second-order valence-electron chi connectivity index (χ2n) is 7.52.